The van der Waals surface area contributed by atoms with E-state index in [0.29, 0.717) is 86.3 Å². The van der Waals surface area contributed by atoms with Crippen LogP contribution in [-0.4, -0.2) is 139 Å². The van der Waals surface area contributed by atoms with Crippen LogP contribution in [-0.2, 0) is 45.8 Å². The van der Waals surface area contributed by atoms with Crippen molar-refractivity contribution in [1.82, 2.24) is 9.88 Å². The third-order valence-electron chi connectivity index (χ3n) is 16.2. The van der Waals surface area contributed by atoms with Crippen molar-refractivity contribution in [2.45, 2.75) is 99.5 Å². The summed E-state index contributed by atoms with van der Waals surface area (Å²) in [7, 11) is 1.36. The van der Waals surface area contributed by atoms with Crippen molar-refractivity contribution in [3.63, 3.8) is 0 Å². The molecule has 10 atom stereocenters. The molecule has 1 aliphatic carbocycles. The highest BCUT2D eigenvalue weighted by molar-refractivity contribution is 6.17. The van der Waals surface area contributed by atoms with Crippen molar-refractivity contribution in [3.8, 4) is 5.75 Å². The van der Waals surface area contributed by atoms with Gasteiger partial charge in [-0.3, -0.25) is 14.5 Å². The molecule has 13 nitrogen and oxygen atoms in total. The first-order valence-electron chi connectivity index (χ1n) is 23.1. The van der Waals surface area contributed by atoms with E-state index in [0.717, 1.165) is 22.0 Å². The molecule has 3 N–H and O–H groups in total. The molecule has 61 heavy (non-hydrogen) atoms. The fourth-order valence-electron chi connectivity index (χ4n) is 14.0. The summed E-state index contributed by atoms with van der Waals surface area (Å²) in [6, 6.07) is 10.3. The standard InChI is InChI=1S/C47H60ClN4O9/c1-8-43(56)23-29-24-46(41(54)59-6,37-31(15-20-52(25-29,26-43)27-48)30-13-10-11-14-34(30)49-37)33-21-32-35(22-36(33)58-5)50(4)39-45(32)17-19-51-18-12-16-44(9-2,38(45)51)40(61-28(3)53)47(39,57)42(55)60-7/h10-14,16,21-22,29,38-40,49,56-57H,8-9,15,17-20,23-27H2,1-7H3/q+1/t29-,38+,39-,40-,43+,44-,45-,46+,47+,52+/m1/s1/i6D3. The van der Waals surface area contributed by atoms with Gasteiger partial charge in [-0.1, -0.05) is 55.8 Å². The molecule has 1 saturated carbocycles. The smallest absolute Gasteiger partial charge is 0.344 e. The van der Waals surface area contributed by atoms with E-state index in [2.05, 4.69) is 9.88 Å². The fraction of sp³-hybridized carbons (Fsp3) is 0.596. The number of likely N-dealkylation sites (N-methyl/N-ethyl adjacent to an activating group) is 1. The topological polar surface area (TPSA) is 151 Å². The van der Waals surface area contributed by atoms with Gasteiger partial charge < -0.3 is 43.5 Å². The molecule has 6 aliphatic rings. The van der Waals surface area contributed by atoms with E-state index in [1.54, 1.807) is 7.05 Å². The van der Waals surface area contributed by atoms with Gasteiger partial charge in [-0.15, -0.1) is 0 Å². The summed E-state index contributed by atoms with van der Waals surface area (Å²) in [5, 5.41) is 26.5. The van der Waals surface area contributed by atoms with E-state index in [-0.39, 0.29) is 24.1 Å². The molecule has 1 aromatic heterocycles. The quantitative estimate of drug-likeness (QED) is 0.0723. The summed E-state index contributed by atoms with van der Waals surface area (Å²) in [5.74, 6) is -2.72. The van der Waals surface area contributed by atoms with Crippen LogP contribution in [0, 0.1) is 11.3 Å². The molecule has 1 spiro atoms. The third kappa shape index (κ3) is 5.49. The van der Waals surface area contributed by atoms with Crippen LogP contribution in [0.2, 0.25) is 0 Å². The summed E-state index contributed by atoms with van der Waals surface area (Å²) in [6.45, 7) is 7.81. The molecular formula is C47H60ClN4O9+. The number of carbonyl (C=O) groups excluding carboxylic acids is 3. The van der Waals surface area contributed by atoms with E-state index in [4.69, 9.17) is 34.7 Å². The van der Waals surface area contributed by atoms with Gasteiger partial charge in [0.15, 0.2) is 12.1 Å². The maximum atomic E-state index is 15.7. The first-order valence-corrected chi connectivity index (χ1v) is 22.1. The number of aromatic nitrogens is 1. The lowest BCUT2D eigenvalue weighted by Gasteiger charge is -2.63. The Morgan fingerprint density at radius 2 is 1.84 bits per heavy atom. The number of methoxy groups -OCH3 is 3. The minimum Gasteiger partial charge on any atom is -0.496 e. The largest absolute Gasteiger partial charge is 0.496 e. The number of quaternary nitrogens is 1. The Balaban J connectivity index is 1.39. The highest BCUT2D eigenvalue weighted by Crippen LogP contribution is 2.68. The summed E-state index contributed by atoms with van der Waals surface area (Å²) < 4.78 is 49.1. The Morgan fingerprint density at radius 1 is 1.05 bits per heavy atom. The predicted octanol–water partition coefficient (Wildman–Crippen LogP) is 4.70. The molecule has 2 bridgehead atoms. The Labute approximate surface area is 366 Å². The van der Waals surface area contributed by atoms with Crippen molar-refractivity contribution >= 4 is 46.1 Å². The predicted molar refractivity (Wildman–Crippen MR) is 230 cm³/mol. The summed E-state index contributed by atoms with van der Waals surface area (Å²) >= 11 is 6.93. The van der Waals surface area contributed by atoms with E-state index < -0.39 is 70.6 Å². The van der Waals surface area contributed by atoms with Crippen LogP contribution in [0.4, 0.5) is 5.69 Å². The fourth-order valence-corrected chi connectivity index (χ4v) is 14.3. The van der Waals surface area contributed by atoms with Crippen LogP contribution in [0.3, 0.4) is 0 Å². The van der Waals surface area contributed by atoms with Crippen molar-refractivity contribution in [2.75, 3.05) is 71.9 Å². The lowest BCUT2D eigenvalue weighted by molar-refractivity contribution is -0.932. The lowest BCUT2D eigenvalue weighted by Crippen LogP contribution is -2.81. The number of ether oxygens (including phenoxy) is 4. The number of H-pyrrole nitrogens is 1. The Hall–Kier alpha value is -4.14. The number of aromatic amines is 1. The van der Waals surface area contributed by atoms with Gasteiger partial charge in [-0.2, -0.15) is 0 Å². The van der Waals surface area contributed by atoms with Gasteiger partial charge in [-0.25, -0.2) is 4.79 Å². The zero-order chi connectivity index (χ0) is 46.0. The highest BCUT2D eigenvalue weighted by atomic mass is 35.5. The lowest BCUT2D eigenvalue weighted by atomic mass is 9.47. The average Bonchev–Trinajstić information content (AvgIpc) is 3.92. The van der Waals surface area contributed by atoms with Crippen LogP contribution in [0.1, 0.15) is 79.4 Å². The van der Waals surface area contributed by atoms with E-state index in [9.17, 15) is 19.8 Å². The van der Waals surface area contributed by atoms with E-state index in [1.807, 2.05) is 67.3 Å². The minimum absolute atomic E-state index is 0.0279. The zero-order valence-corrected chi connectivity index (χ0v) is 36.6. The monoisotopic (exact) mass is 862 g/mol. The Bertz CT molecular complexity index is 2450. The number of benzene rings is 2. The number of piperidine rings is 1. The number of hydrogen-bond acceptors (Lipinski definition) is 11. The minimum atomic E-state index is -3.14. The van der Waals surface area contributed by atoms with Crippen molar-refractivity contribution < 1.29 is 52.1 Å². The number of para-hydroxylation sites is 1. The summed E-state index contributed by atoms with van der Waals surface area (Å²) in [6.07, 6.45) is 4.74. The molecule has 14 heteroatoms. The van der Waals surface area contributed by atoms with Gasteiger partial charge in [0.1, 0.15) is 23.3 Å². The Kier molecular flexibility index (Phi) is 9.13. The third-order valence-corrected chi connectivity index (χ3v) is 16.7. The van der Waals surface area contributed by atoms with Gasteiger partial charge in [0.25, 0.3) is 0 Å². The molecule has 2 aromatic carbocycles. The number of aliphatic hydroxyl groups is 2. The number of rotatable bonds is 8. The number of alkyl halides is 1. The van der Waals surface area contributed by atoms with Crippen LogP contribution < -0.4 is 9.64 Å². The number of esters is 3. The van der Waals surface area contributed by atoms with Crippen LogP contribution >= 0.6 is 11.6 Å². The maximum Gasteiger partial charge on any atom is 0.344 e. The number of nitrogens with one attached hydrogen (secondary N) is 1. The molecule has 6 heterocycles. The van der Waals surface area contributed by atoms with Crippen molar-refractivity contribution in [1.29, 1.82) is 0 Å². The number of halogens is 1. The zero-order valence-electron chi connectivity index (χ0n) is 38.9. The van der Waals surface area contributed by atoms with Crippen LogP contribution in [0.15, 0.2) is 48.6 Å². The van der Waals surface area contributed by atoms with Gasteiger partial charge in [-0.05, 0) is 61.9 Å². The number of hydrogen-bond donors (Lipinski definition) is 3. The first-order chi connectivity index (χ1) is 30.3. The molecule has 2 saturated heterocycles. The second kappa shape index (κ2) is 14.5. The van der Waals surface area contributed by atoms with Crippen molar-refractivity contribution in [2.24, 2.45) is 11.3 Å². The average molecular weight is 863 g/mol. The van der Waals surface area contributed by atoms with Gasteiger partial charge >= 0.3 is 17.9 Å². The normalized spacial score (nSPS) is 38.3. The second-order valence-electron chi connectivity index (χ2n) is 18.9. The molecule has 9 rings (SSSR count). The number of anilines is 1. The highest BCUT2D eigenvalue weighted by Gasteiger charge is 2.80. The molecular weight excluding hydrogens is 800 g/mol. The molecule has 328 valence electrons. The summed E-state index contributed by atoms with van der Waals surface area (Å²) in [5.41, 5.74) is -3.82. The molecule has 5 aliphatic heterocycles. The maximum absolute atomic E-state index is 15.7. The van der Waals surface area contributed by atoms with Crippen molar-refractivity contribution in [3.05, 3.63) is 70.9 Å². The second-order valence-corrected chi connectivity index (χ2v) is 19.1. The first kappa shape index (κ1) is 38.5. The van der Waals surface area contributed by atoms with Gasteiger partial charge in [0.2, 0.25) is 5.60 Å². The van der Waals surface area contributed by atoms with Gasteiger partial charge in [0, 0.05) is 83.6 Å². The molecule has 0 radical (unpaired) electrons. The SMILES string of the molecule is [2H]C([2H])([2H])OC(=O)[C@]1(c2cc3c(cc2OC)N(C)[C@H]2[C@@](O)(C(=O)OC)[C@H](OC(C)=O)[C@]4(CC)C=CCN5CC[C@]32[C@@H]54)C[C@H]2C[C@@](O)(CC)C[N@+](CCl)(CCc3c1[nH]c1ccccc31)C2. The Morgan fingerprint density at radius 3 is 2.52 bits per heavy atom. The van der Waals surface area contributed by atoms with Crippen LogP contribution in [0.25, 0.3) is 10.9 Å². The van der Waals surface area contributed by atoms with Gasteiger partial charge in [0.05, 0.1) is 44.5 Å². The van der Waals surface area contributed by atoms with E-state index >= 15 is 4.79 Å². The summed E-state index contributed by atoms with van der Waals surface area (Å²) in [4.78, 5) is 51.1. The molecule has 0 unspecified atom stereocenters. The van der Waals surface area contributed by atoms with Crippen LogP contribution in [0.5, 0.6) is 5.75 Å². The number of nitrogens with zero attached hydrogens (tertiary/aromatic N) is 3. The number of fused-ring (bicyclic) bond motifs is 6. The van der Waals surface area contributed by atoms with E-state index in [1.165, 1.54) is 21.1 Å². The molecule has 3 aromatic rings. The number of carbonyl (C=O) groups is 3. The molecule has 0 amide bonds. The molecule has 3 fully saturated rings.